The Kier molecular flexibility index (Phi) is 5.57. The summed E-state index contributed by atoms with van der Waals surface area (Å²) in [6, 6.07) is -0.528. The molecule has 6 nitrogen and oxygen atoms in total. The average Bonchev–Trinajstić information content (AvgIpc) is 2.92. The number of piperazine rings is 1. The molecule has 2 aliphatic rings. The first kappa shape index (κ1) is 14.7. The molecule has 0 aromatic heterocycles. The Morgan fingerprint density at radius 3 is 2.74 bits per heavy atom. The number of carbonyl (C=O) groups is 1. The molecule has 19 heavy (non-hydrogen) atoms. The van der Waals surface area contributed by atoms with Crippen LogP contribution >= 0.6 is 0 Å². The van der Waals surface area contributed by atoms with E-state index in [1.165, 1.54) is 0 Å². The highest BCUT2D eigenvalue weighted by atomic mass is 16.5. The Bertz CT molecular complexity index is 287. The molecule has 2 heterocycles. The summed E-state index contributed by atoms with van der Waals surface area (Å²) >= 11 is 0. The van der Waals surface area contributed by atoms with Gasteiger partial charge in [0.05, 0.1) is 13.2 Å². The van der Waals surface area contributed by atoms with Gasteiger partial charge in [0.2, 0.25) is 5.91 Å². The first-order valence-corrected chi connectivity index (χ1v) is 7.04. The van der Waals surface area contributed by atoms with Crippen molar-refractivity contribution in [1.82, 2.24) is 9.80 Å². The van der Waals surface area contributed by atoms with Gasteiger partial charge in [-0.1, -0.05) is 0 Å². The van der Waals surface area contributed by atoms with Gasteiger partial charge in [0.1, 0.15) is 6.04 Å². The van der Waals surface area contributed by atoms with Crippen molar-refractivity contribution in [3.05, 3.63) is 0 Å². The van der Waals surface area contributed by atoms with E-state index >= 15 is 0 Å². The van der Waals surface area contributed by atoms with Crippen LogP contribution in [-0.2, 0) is 14.3 Å². The topological polar surface area (TPSA) is 68.0 Å². The minimum atomic E-state index is -0.528. The molecule has 2 saturated heterocycles. The van der Waals surface area contributed by atoms with Crippen molar-refractivity contribution >= 4 is 5.91 Å². The van der Waals surface area contributed by atoms with Gasteiger partial charge in [0.25, 0.3) is 0 Å². The van der Waals surface area contributed by atoms with E-state index in [2.05, 4.69) is 4.90 Å². The second-order valence-electron chi connectivity index (χ2n) is 5.42. The summed E-state index contributed by atoms with van der Waals surface area (Å²) in [4.78, 5) is 16.3. The van der Waals surface area contributed by atoms with E-state index in [4.69, 9.17) is 15.2 Å². The molecule has 2 fully saturated rings. The van der Waals surface area contributed by atoms with E-state index in [9.17, 15) is 4.79 Å². The third-order valence-electron chi connectivity index (χ3n) is 3.89. The number of methoxy groups -OCH3 is 1. The van der Waals surface area contributed by atoms with Crippen molar-refractivity contribution in [3.8, 4) is 0 Å². The maximum Gasteiger partial charge on any atom is 0.241 e. The third-order valence-corrected chi connectivity index (χ3v) is 3.89. The van der Waals surface area contributed by atoms with Crippen LogP contribution in [0.25, 0.3) is 0 Å². The molecule has 2 aliphatic heterocycles. The van der Waals surface area contributed by atoms with Crippen molar-refractivity contribution in [2.24, 2.45) is 11.7 Å². The molecule has 2 atom stereocenters. The highest BCUT2D eigenvalue weighted by molar-refractivity contribution is 5.81. The summed E-state index contributed by atoms with van der Waals surface area (Å²) in [5.41, 5.74) is 5.78. The smallest absolute Gasteiger partial charge is 0.241 e. The van der Waals surface area contributed by atoms with Gasteiger partial charge < -0.3 is 20.1 Å². The largest absolute Gasteiger partial charge is 0.383 e. The fourth-order valence-corrected chi connectivity index (χ4v) is 2.73. The molecule has 0 aromatic rings. The van der Waals surface area contributed by atoms with Crippen LogP contribution in [-0.4, -0.2) is 81.4 Å². The zero-order chi connectivity index (χ0) is 13.7. The van der Waals surface area contributed by atoms with E-state index in [0.717, 1.165) is 52.4 Å². The van der Waals surface area contributed by atoms with Gasteiger partial charge in [-0.05, 0) is 12.3 Å². The lowest BCUT2D eigenvalue weighted by molar-refractivity contribution is -0.135. The van der Waals surface area contributed by atoms with Gasteiger partial charge in [0, 0.05) is 46.4 Å². The number of amides is 1. The van der Waals surface area contributed by atoms with Gasteiger partial charge in [-0.2, -0.15) is 0 Å². The predicted molar refractivity (Wildman–Crippen MR) is 71.8 cm³/mol. The number of nitrogens with two attached hydrogens (primary N) is 1. The SMILES string of the molecule is COCC(N)C(=O)N1CCN(CC2CCOC2)CC1. The van der Waals surface area contributed by atoms with Crippen LogP contribution in [0.15, 0.2) is 0 Å². The second-order valence-corrected chi connectivity index (χ2v) is 5.42. The Morgan fingerprint density at radius 1 is 1.42 bits per heavy atom. The molecule has 0 saturated carbocycles. The summed E-state index contributed by atoms with van der Waals surface area (Å²) in [7, 11) is 1.56. The molecule has 0 radical (unpaired) electrons. The van der Waals surface area contributed by atoms with E-state index in [-0.39, 0.29) is 5.91 Å². The van der Waals surface area contributed by atoms with E-state index in [0.29, 0.717) is 12.5 Å². The van der Waals surface area contributed by atoms with Crippen molar-refractivity contribution in [2.75, 3.05) is 59.7 Å². The zero-order valence-electron chi connectivity index (χ0n) is 11.7. The molecule has 0 spiro atoms. The number of carbonyl (C=O) groups excluding carboxylic acids is 1. The van der Waals surface area contributed by atoms with Crippen LogP contribution in [0.5, 0.6) is 0 Å². The Hall–Kier alpha value is -0.690. The van der Waals surface area contributed by atoms with Gasteiger partial charge in [-0.15, -0.1) is 0 Å². The van der Waals surface area contributed by atoms with Crippen molar-refractivity contribution in [2.45, 2.75) is 12.5 Å². The van der Waals surface area contributed by atoms with Gasteiger partial charge in [-0.25, -0.2) is 0 Å². The zero-order valence-corrected chi connectivity index (χ0v) is 11.7. The average molecular weight is 271 g/mol. The lowest BCUT2D eigenvalue weighted by Crippen LogP contribution is -2.54. The van der Waals surface area contributed by atoms with E-state index in [1.807, 2.05) is 4.90 Å². The van der Waals surface area contributed by atoms with Crippen LogP contribution in [0.1, 0.15) is 6.42 Å². The summed E-state index contributed by atoms with van der Waals surface area (Å²) in [5.74, 6) is 0.670. The van der Waals surface area contributed by atoms with E-state index < -0.39 is 6.04 Å². The second kappa shape index (κ2) is 7.19. The quantitative estimate of drug-likeness (QED) is 0.705. The molecular formula is C13H25N3O3. The highest BCUT2D eigenvalue weighted by Gasteiger charge is 2.27. The molecule has 0 bridgehead atoms. The lowest BCUT2D eigenvalue weighted by Gasteiger charge is -2.36. The fourth-order valence-electron chi connectivity index (χ4n) is 2.73. The predicted octanol–water partition coefficient (Wildman–Crippen LogP) is -0.859. The van der Waals surface area contributed by atoms with Gasteiger partial charge in [0.15, 0.2) is 0 Å². The van der Waals surface area contributed by atoms with Gasteiger partial charge in [-0.3, -0.25) is 9.69 Å². The molecule has 110 valence electrons. The Morgan fingerprint density at radius 2 is 2.16 bits per heavy atom. The first-order valence-electron chi connectivity index (χ1n) is 7.04. The highest BCUT2D eigenvalue weighted by Crippen LogP contribution is 2.15. The molecule has 1 amide bonds. The first-order chi connectivity index (χ1) is 9.20. The normalized spacial score (nSPS) is 26.6. The Balaban J connectivity index is 1.70. The summed E-state index contributed by atoms with van der Waals surface area (Å²) < 4.78 is 10.3. The van der Waals surface area contributed by atoms with Crippen LogP contribution in [0.3, 0.4) is 0 Å². The molecule has 2 N–H and O–H groups in total. The molecule has 0 aromatic carbocycles. The van der Waals surface area contributed by atoms with E-state index in [1.54, 1.807) is 7.11 Å². The van der Waals surface area contributed by atoms with Crippen LogP contribution in [0.4, 0.5) is 0 Å². The number of hydrogen-bond donors (Lipinski definition) is 1. The maximum atomic E-state index is 12.0. The number of ether oxygens (including phenoxy) is 2. The van der Waals surface area contributed by atoms with Gasteiger partial charge >= 0.3 is 0 Å². The number of rotatable bonds is 5. The maximum absolute atomic E-state index is 12.0. The molecular weight excluding hydrogens is 246 g/mol. The fraction of sp³-hybridized carbons (Fsp3) is 0.923. The number of hydrogen-bond acceptors (Lipinski definition) is 5. The van der Waals surface area contributed by atoms with Crippen LogP contribution in [0, 0.1) is 5.92 Å². The summed E-state index contributed by atoms with van der Waals surface area (Å²) in [6.07, 6.45) is 1.16. The minimum Gasteiger partial charge on any atom is -0.383 e. The molecule has 2 rings (SSSR count). The minimum absolute atomic E-state index is 0.00528. The lowest BCUT2D eigenvalue weighted by atomic mass is 10.1. The summed E-state index contributed by atoms with van der Waals surface area (Å²) in [6.45, 7) is 6.56. The standard InChI is InChI=1S/C13H25N3O3/c1-18-10-12(14)13(17)16-5-3-15(4-6-16)8-11-2-7-19-9-11/h11-12H,2-10,14H2,1H3. The number of nitrogens with zero attached hydrogens (tertiary/aromatic N) is 2. The molecule has 0 aliphatic carbocycles. The molecule has 6 heteroatoms. The van der Waals surface area contributed by atoms with Crippen LogP contribution in [0.2, 0.25) is 0 Å². The molecule has 2 unspecified atom stereocenters. The van der Waals surface area contributed by atoms with Crippen molar-refractivity contribution < 1.29 is 14.3 Å². The van der Waals surface area contributed by atoms with Crippen molar-refractivity contribution in [3.63, 3.8) is 0 Å². The monoisotopic (exact) mass is 271 g/mol. The van der Waals surface area contributed by atoms with Crippen LogP contribution < -0.4 is 5.73 Å². The summed E-state index contributed by atoms with van der Waals surface area (Å²) in [5, 5.41) is 0. The van der Waals surface area contributed by atoms with Crippen molar-refractivity contribution in [1.29, 1.82) is 0 Å². The Labute approximate surface area is 114 Å². The third kappa shape index (κ3) is 4.14.